The minimum Gasteiger partial charge on any atom is -0.480 e. The summed E-state index contributed by atoms with van der Waals surface area (Å²) in [6.07, 6.45) is 4.10. The van der Waals surface area contributed by atoms with Crippen molar-refractivity contribution >= 4 is 19.8 Å². The lowest BCUT2D eigenvalue weighted by Gasteiger charge is -2.40. The highest BCUT2D eigenvalue weighted by molar-refractivity contribution is 6.08. The summed E-state index contributed by atoms with van der Waals surface area (Å²) < 4.78 is 12.9. The van der Waals surface area contributed by atoms with Crippen LogP contribution >= 0.6 is 0 Å². The Hall–Kier alpha value is -2.09. The van der Waals surface area contributed by atoms with Gasteiger partial charge in [0.05, 0.1) is 7.85 Å². The van der Waals surface area contributed by atoms with Crippen LogP contribution in [0.1, 0.15) is 37.7 Å². The fourth-order valence-electron chi connectivity index (χ4n) is 3.72. The molecule has 1 aromatic rings. The van der Waals surface area contributed by atoms with Crippen LogP contribution in [0.15, 0.2) is 24.3 Å². The van der Waals surface area contributed by atoms with Gasteiger partial charge in [-0.3, -0.25) is 4.79 Å². The molecule has 1 saturated heterocycles. The number of benzene rings is 1. The van der Waals surface area contributed by atoms with Crippen LogP contribution in [-0.4, -0.2) is 55.0 Å². The van der Waals surface area contributed by atoms with Gasteiger partial charge in [0.25, 0.3) is 0 Å². The minimum atomic E-state index is -1.26. The van der Waals surface area contributed by atoms with Gasteiger partial charge < -0.3 is 21.1 Å². The summed E-state index contributed by atoms with van der Waals surface area (Å²) in [6, 6.07) is 6.03. The van der Waals surface area contributed by atoms with Crippen molar-refractivity contribution in [1.29, 1.82) is 0 Å². The number of carbonyl (C=O) groups is 2. The number of carboxylic acids is 1. The van der Waals surface area contributed by atoms with Gasteiger partial charge in [-0.05, 0) is 49.3 Å². The van der Waals surface area contributed by atoms with Gasteiger partial charge >= 0.3 is 12.0 Å². The first-order chi connectivity index (χ1) is 13.4. The van der Waals surface area contributed by atoms with E-state index in [9.17, 15) is 19.1 Å². The quantitative estimate of drug-likeness (QED) is 0.446. The zero-order chi connectivity index (χ0) is 20.6. The van der Waals surface area contributed by atoms with Gasteiger partial charge in [0, 0.05) is 19.6 Å². The van der Waals surface area contributed by atoms with Crippen LogP contribution in [-0.2, 0) is 11.2 Å². The van der Waals surface area contributed by atoms with E-state index in [1.54, 1.807) is 17.0 Å². The number of halogens is 1. The smallest absolute Gasteiger partial charge is 0.323 e. The molecule has 4 N–H and O–H groups in total. The maximum absolute atomic E-state index is 12.9. The molecule has 152 valence electrons. The normalized spacial score (nSPS) is 17.1. The van der Waals surface area contributed by atoms with E-state index in [0.717, 1.165) is 12.0 Å². The van der Waals surface area contributed by atoms with Crippen LogP contribution in [0.3, 0.4) is 0 Å². The Morgan fingerprint density at radius 2 is 1.89 bits per heavy atom. The predicted molar refractivity (Wildman–Crippen MR) is 107 cm³/mol. The molecular weight excluding hydrogens is 360 g/mol. The highest BCUT2D eigenvalue weighted by Crippen LogP contribution is 2.31. The molecule has 8 heteroatoms. The molecule has 0 aromatic heterocycles. The van der Waals surface area contributed by atoms with Crippen molar-refractivity contribution in [3.63, 3.8) is 0 Å². The van der Waals surface area contributed by atoms with Gasteiger partial charge in [0.1, 0.15) is 11.4 Å². The molecule has 1 heterocycles. The number of nitrogens with one attached hydrogen (secondary N) is 1. The van der Waals surface area contributed by atoms with Gasteiger partial charge in [-0.1, -0.05) is 31.3 Å². The van der Waals surface area contributed by atoms with E-state index in [2.05, 4.69) is 5.32 Å². The van der Waals surface area contributed by atoms with Crippen LogP contribution in [0.4, 0.5) is 9.18 Å². The Labute approximate surface area is 167 Å². The molecule has 1 aromatic carbocycles. The summed E-state index contributed by atoms with van der Waals surface area (Å²) in [7, 11) is 5.49. The first-order valence-electron chi connectivity index (χ1n) is 9.86. The average Bonchev–Trinajstić information content (AvgIpc) is 2.69. The summed E-state index contributed by atoms with van der Waals surface area (Å²) in [4.78, 5) is 25.8. The van der Waals surface area contributed by atoms with Crippen LogP contribution in [0.5, 0.6) is 0 Å². The second kappa shape index (κ2) is 10.5. The number of nitrogens with zero attached hydrogens (tertiary/aromatic N) is 1. The van der Waals surface area contributed by atoms with Crippen molar-refractivity contribution in [1.82, 2.24) is 10.2 Å². The number of hydrogen-bond donors (Lipinski definition) is 3. The molecule has 28 heavy (non-hydrogen) atoms. The lowest BCUT2D eigenvalue weighted by atomic mass is 9.75. The molecule has 1 unspecified atom stereocenters. The number of nitrogens with two attached hydrogens (primary N) is 1. The Kier molecular flexibility index (Phi) is 8.29. The minimum absolute atomic E-state index is 0.161. The summed E-state index contributed by atoms with van der Waals surface area (Å²) in [5.74, 6) is -1.42. The third-order valence-corrected chi connectivity index (χ3v) is 5.56. The zero-order valence-corrected chi connectivity index (χ0v) is 16.2. The largest absolute Gasteiger partial charge is 0.480 e. The number of likely N-dealkylation sites (tertiary alicyclic amines) is 1. The Balaban J connectivity index is 1.78. The molecule has 2 radical (unpaired) electrons. The van der Waals surface area contributed by atoms with E-state index in [1.807, 2.05) is 0 Å². The van der Waals surface area contributed by atoms with Gasteiger partial charge in [-0.25, -0.2) is 9.18 Å². The molecular formula is C20H29BFN3O3. The molecule has 0 bridgehead atoms. The molecule has 2 rings (SSSR count). The number of aliphatic carboxylic acids is 1. The van der Waals surface area contributed by atoms with Crippen LogP contribution < -0.4 is 11.1 Å². The lowest BCUT2D eigenvalue weighted by molar-refractivity contribution is -0.146. The number of rotatable bonds is 9. The Morgan fingerprint density at radius 1 is 1.25 bits per heavy atom. The van der Waals surface area contributed by atoms with Gasteiger partial charge in [-0.2, -0.15) is 0 Å². The van der Waals surface area contributed by atoms with E-state index in [1.165, 1.54) is 12.1 Å². The molecule has 1 aliphatic heterocycles. The molecule has 1 atom stereocenters. The topological polar surface area (TPSA) is 95.7 Å². The molecule has 0 spiro atoms. The van der Waals surface area contributed by atoms with E-state index in [-0.39, 0.29) is 17.8 Å². The number of carbonyl (C=O) groups excluding carboxylic acids is 1. The molecule has 0 aliphatic carbocycles. The van der Waals surface area contributed by atoms with E-state index >= 15 is 0 Å². The number of carboxylic acid groups (broad SMARTS) is 1. The fourth-order valence-corrected chi connectivity index (χ4v) is 3.72. The fraction of sp³-hybridized carbons (Fsp3) is 0.600. The number of unbranched alkanes of at least 4 members (excludes halogenated alkanes) is 1. The van der Waals surface area contributed by atoms with Crippen LogP contribution in [0, 0.1) is 11.7 Å². The maximum atomic E-state index is 12.9. The van der Waals surface area contributed by atoms with Crippen molar-refractivity contribution in [2.24, 2.45) is 11.7 Å². The standard InChI is InChI=1S/C20H29BFN3O3/c21-11-2-1-10-20(23,18(26)27)16-8-13-25(14-9-16)19(28)24-12-7-15-3-5-17(22)6-4-15/h3-6,16H,1-2,7-14,23H2,(H,24,28)(H,26,27). The van der Waals surface area contributed by atoms with E-state index in [0.29, 0.717) is 58.1 Å². The molecule has 0 saturated carbocycles. The highest BCUT2D eigenvalue weighted by Gasteiger charge is 2.43. The summed E-state index contributed by atoms with van der Waals surface area (Å²) >= 11 is 0. The third-order valence-electron chi connectivity index (χ3n) is 5.56. The molecule has 1 fully saturated rings. The summed E-state index contributed by atoms with van der Waals surface area (Å²) in [5, 5.41) is 12.5. The summed E-state index contributed by atoms with van der Waals surface area (Å²) in [5.41, 5.74) is 5.93. The van der Waals surface area contributed by atoms with Crippen molar-refractivity contribution in [3.8, 4) is 0 Å². The molecule has 1 aliphatic rings. The van der Waals surface area contributed by atoms with Crippen molar-refractivity contribution < 1.29 is 19.1 Å². The second-order valence-corrected chi connectivity index (χ2v) is 7.46. The van der Waals surface area contributed by atoms with Gasteiger partial charge in [0.15, 0.2) is 0 Å². The van der Waals surface area contributed by atoms with Gasteiger partial charge in [0.2, 0.25) is 0 Å². The third kappa shape index (κ3) is 5.96. The number of piperidine rings is 1. The van der Waals surface area contributed by atoms with E-state index in [4.69, 9.17) is 13.6 Å². The molecule has 6 nitrogen and oxygen atoms in total. The first kappa shape index (κ1) is 22.2. The Bertz CT molecular complexity index is 651. The van der Waals surface area contributed by atoms with Crippen LogP contribution in [0.25, 0.3) is 0 Å². The average molecular weight is 389 g/mol. The van der Waals surface area contributed by atoms with Crippen molar-refractivity contribution in [3.05, 3.63) is 35.6 Å². The SMILES string of the molecule is [B]CCCCC(N)(C(=O)O)C1CCN(C(=O)NCCc2ccc(F)cc2)CC1. The second-order valence-electron chi connectivity index (χ2n) is 7.46. The predicted octanol–water partition coefficient (Wildman–Crippen LogP) is 2.33. The number of amides is 2. The monoisotopic (exact) mass is 389 g/mol. The summed E-state index contributed by atoms with van der Waals surface area (Å²) in [6.45, 7) is 1.42. The Morgan fingerprint density at radius 3 is 2.46 bits per heavy atom. The first-order valence-corrected chi connectivity index (χ1v) is 9.86. The zero-order valence-electron chi connectivity index (χ0n) is 16.2. The number of hydrogen-bond acceptors (Lipinski definition) is 3. The molecule has 2 amide bonds. The maximum Gasteiger partial charge on any atom is 0.323 e. The van der Waals surface area contributed by atoms with E-state index < -0.39 is 11.5 Å². The lowest BCUT2D eigenvalue weighted by Crippen LogP contribution is -2.57. The van der Waals surface area contributed by atoms with Crippen molar-refractivity contribution in [2.45, 2.75) is 50.4 Å². The van der Waals surface area contributed by atoms with Gasteiger partial charge in [-0.15, -0.1) is 0 Å². The highest BCUT2D eigenvalue weighted by atomic mass is 19.1. The van der Waals surface area contributed by atoms with Crippen LogP contribution in [0.2, 0.25) is 6.32 Å². The van der Waals surface area contributed by atoms with Crippen molar-refractivity contribution in [2.75, 3.05) is 19.6 Å². The number of urea groups is 1.